The maximum absolute atomic E-state index is 10.5. The van der Waals surface area contributed by atoms with E-state index in [4.69, 9.17) is 0 Å². The standard InChI is InChI=1S/C8H14NO.C2H6.CH3.K/c1-7-3-4-8(6-10)9(2)5-7;1-2;;/h8H,1,3-6H2,2H3;1-2H3;1H3;/q-1;;-1;+1. The summed E-state index contributed by atoms with van der Waals surface area (Å²) in [7, 11) is 1.99. The fourth-order valence-electron chi connectivity index (χ4n) is 1.36. The molecule has 0 amide bonds. The minimum Gasteiger partial charge on any atom is -0.853 e. The van der Waals surface area contributed by atoms with Crippen LogP contribution in [-0.2, 0) is 0 Å². The van der Waals surface area contributed by atoms with Crippen LogP contribution in [0.2, 0.25) is 0 Å². The molecule has 0 saturated carbocycles. The van der Waals surface area contributed by atoms with Crippen LogP contribution < -0.4 is 56.5 Å². The molecule has 1 fully saturated rings. The first-order valence-electron chi connectivity index (χ1n) is 4.69. The second-order valence-corrected chi connectivity index (χ2v) is 3.02. The van der Waals surface area contributed by atoms with Crippen molar-refractivity contribution in [1.29, 1.82) is 0 Å². The van der Waals surface area contributed by atoms with Gasteiger partial charge in [-0.15, -0.1) is 6.61 Å². The molecule has 2 nitrogen and oxygen atoms in total. The largest absolute Gasteiger partial charge is 1.00 e. The van der Waals surface area contributed by atoms with Crippen molar-refractivity contribution in [2.45, 2.75) is 32.7 Å². The SMILES string of the molecule is C=C1CCC(C[O-])N(C)C1.CC.[CH3-].[K+]. The topological polar surface area (TPSA) is 26.3 Å². The number of nitrogens with zero attached hydrogens (tertiary/aromatic N) is 1. The summed E-state index contributed by atoms with van der Waals surface area (Å²) in [5, 5.41) is 10.5. The first-order valence-corrected chi connectivity index (χ1v) is 4.69. The van der Waals surface area contributed by atoms with Gasteiger partial charge in [0.1, 0.15) is 0 Å². The minimum absolute atomic E-state index is 0. The van der Waals surface area contributed by atoms with E-state index in [2.05, 4.69) is 11.5 Å². The van der Waals surface area contributed by atoms with Crippen LogP contribution in [0.1, 0.15) is 26.7 Å². The normalized spacial score (nSPS) is 21.1. The zero-order valence-electron chi connectivity index (χ0n) is 10.5. The van der Waals surface area contributed by atoms with Gasteiger partial charge in [-0.1, -0.05) is 26.0 Å². The number of hydrogen-bond donors (Lipinski definition) is 0. The molecule has 0 aromatic carbocycles. The molecule has 0 aromatic heterocycles. The molecule has 1 rings (SSSR count). The van der Waals surface area contributed by atoms with E-state index < -0.39 is 0 Å². The van der Waals surface area contributed by atoms with Crippen LogP contribution in [0.15, 0.2) is 12.2 Å². The van der Waals surface area contributed by atoms with Crippen molar-refractivity contribution in [3.63, 3.8) is 0 Å². The van der Waals surface area contributed by atoms with E-state index in [-0.39, 0.29) is 71.5 Å². The summed E-state index contributed by atoms with van der Waals surface area (Å²) in [6.45, 7) is 8.83. The van der Waals surface area contributed by atoms with Gasteiger partial charge < -0.3 is 17.4 Å². The molecule has 1 aliphatic rings. The summed E-state index contributed by atoms with van der Waals surface area (Å²) in [6.07, 6.45) is 2.04. The van der Waals surface area contributed by atoms with Gasteiger partial charge in [0.05, 0.1) is 0 Å². The van der Waals surface area contributed by atoms with E-state index in [0.29, 0.717) is 0 Å². The summed E-state index contributed by atoms with van der Waals surface area (Å²) in [6, 6.07) is 0.255. The average molecular weight is 224 g/mol. The Balaban J connectivity index is -0.000000284. The van der Waals surface area contributed by atoms with Crippen LogP contribution in [0.4, 0.5) is 0 Å². The Kier molecular flexibility index (Phi) is 18.3. The molecule has 1 unspecified atom stereocenters. The predicted molar refractivity (Wildman–Crippen MR) is 57.4 cm³/mol. The van der Waals surface area contributed by atoms with Gasteiger partial charge in [-0.05, 0) is 25.9 Å². The van der Waals surface area contributed by atoms with Gasteiger partial charge in [0.25, 0.3) is 0 Å². The fraction of sp³-hybridized carbons (Fsp3) is 0.727. The number of likely N-dealkylation sites (tertiary alicyclic amines) is 1. The summed E-state index contributed by atoms with van der Waals surface area (Å²) >= 11 is 0. The molecule has 1 atom stereocenters. The van der Waals surface area contributed by atoms with Gasteiger partial charge in [0, 0.05) is 6.54 Å². The molecule has 0 aromatic rings. The van der Waals surface area contributed by atoms with Crippen LogP contribution in [-0.4, -0.2) is 31.1 Å². The van der Waals surface area contributed by atoms with E-state index in [1.54, 1.807) is 0 Å². The fourth-order valence-corrected chi connectivity index (χ4v) is 1.36. The Morgan fingerprint density at radius 1 is 1.50 bits per heavy atom. The van der Waals surface area contributed by atoms with Gasteiger partial charge in [-0.3, -0.25) is 0 Å². The molecule has 1 aliphatic heterocycles. The third kappa shape index (κ3) is 7.57. The van der Waals surface area contributed by atoms with Crippen LogP contribution in [0.3, 0.4) is 0 Å². The van der Waals surface area contributed by atoms with Crippen molar-refractivity contribution >= 4 is 0 Å². The van der Waals surface area contributed by atoms with Gasteiger partial charge in [-0.2, -0.15) is 0 Å². The van der Waals surface area contributed by atoms with E-state index in [9.17, 15) is 5.11 Å². The summed E-state index contributed by atoms with van der Waals surface area (Å²) in [5.74, 6) is 0. The zero-order valence-corrected chi connectivity index (χ0v) is 13.6. The minimum atomic E-state index is 0. The summed E-state index contributed by atoms with van der Waals surface area (Å²) in [5.41, 5.74) is 1.26. The van der Waals surface area contributed by atoms with Crippen LogP contribution >= 0.6 is 0 Å². The molecule has 14 heavy (non-hydrogen) atoms. The van der Waals surface area contributed by atoms with Crippen molar-refractivity contribution in [2.24, 2.45) is 0 Å². The Morgan fingerprint density at radius 3 is 2.36 bits per heavy atom. The third-order valence-electron chi connectivity index (χ3n) is 2.12. The van der Waals surface area contributed by atoms with Crippen LogP contribution in [0.25, 0.3) is 0 Å². The monoisotopic (exact) mass is 224 g/mol. The maximum Gasteiger partial charge on any atom is 1.00 e. The number of likely N-dealkylation sites (N-methyl/N-ethyl adjacent to an activating group) is 1. The quantitative estimate of drug-likeness (QED) is 0.307. The smallest absolute Gasteiger partial charge is 0.853 e. The predicted octanol–water partition coefficient (Wildman–Crippen LogP) is -1.52. The van der Waals surface area contributed by atoms with Crippen molar-refractivity contribution in [1.82, 2.24) is 4.90 Å². The van der Waals surface area contributed by atoms with Gasteiger partial charge in [0.2, 0.25) is 0 Å². The summed E-state index contributed by atoms with van der Waals surface area (Å²) < 4.78 is 0. The summed E-state index contributed by atoms with van der Waals surface area (Å²) in [4.78, 5) is 2.10. The molecular weight excluding hydrogens is 201 g/mol. The molecule has 3 heteroatoms. The Bertz CT molecular complexity index is 139. The van der Waals surface area contributed by atoms with Gasteiger partial charge >= 0.3 is 51.4 Å². The second kappa shape index (κ2) is 12.4. The molecule has 1 heterocycles. The zero-order chi connectivity index (χ0) is 9.56. The van der Waals surface area contributed by atoms with Crippen molar-refractivity contribution in [3.8, 4) is 0 Å². The van der Waals surface area contributed by atoms with E-state index in [0.717, 1.165) is 19.4 Å². The Morgan fingerprint density at radius 2 is 2.00 bits per heavy atom. The number of piperidine rings is 1. The molecule has 0 aliphatic carbocycles. The average Bonchev–Trinajstić information content (AvgIpc) is 2.08. The maximum atomic E-state index is 10.5. The van der Waals surface area contributed by atoms with Crippen LogP contribution in [0.5, 0.6) is 0 Å². The van der Waals surface area contributed by atoms with Gasteiger partial charge in [0.15, 0.2) is 0 Å². The molecule has 0 bridgehead atoms. The van der Waals surface area contributed by atoms with E-state index in [1.165, 1.54) is 5.57 Å². The van der Waals surface area contributed by atoms with Crippen molar-refractivity contribution in [2.75, 3.05) is 20.2 Å². The molecule has 0 spiro atoms. The van der Waals surface area contributed by atoms with Crippen molar-refractivity contribution < 1.29 is 56.5 Å². The second-order valence-electron chi connectivity index (χ2n) is 3.02. The third-order valence-corrected chi connectivity index (χ3v) is 2.12. The number of rotatable bonds is 1. The van der Waals surface area contributed by atoms with Crippen molar-refractivity contribution in [3.05, 3.63) is 19.6 Å². The van der Waals surface area contributed by atoms with E-state index >= 15 is 0 Å². The first kappa shape index (κ1) is 20.7. The van der Waals surface area contributed by atoms with Crippen LogP contribution in [0, 0.1) is 7.43 Å². The molecule has 1 saturated heterocycles. The first-order chi connectivity index (χ1) is 5.74. The molecule has 80 valence electrons. The molecule has 0 N–H and O–H groups in total. The number of hydrogen-bond acceptors (Lipinski definition) is 2. The Labute approximate surface area is 132 Å². The van der Waals surface area contributed by atoms with Gasteiger partial charge in [-0.25, -0.2) is 0 Å². The molecule has 0 radical (unpaired) electrons. The Hall–Kier alpha value is 1.30. The molecular formula is C11H23KNO-. The van der Waals surface area contributed by atoms with E-state index in [1.807, 2.05) is 20.9 Å².